The first-order valence-corrected chi connectivity index (χ1v) is 8.53. The molecule has 134 valence electrons. The van der Waals surface area contributed by atoms with Gasteiger partial charge >= 0.3 is 0 Å². The molecule has 3 N–H and O–H groups in total. The summed E-state index contributed by atoms with van der Waals surface area (Å²) in [6, 6.07) is 4.02. The smallest absolute Gasteiger partial charge is 0.294 e. The van der Waals surface area contributed by atoms with Gasteiger partial charge in [0.1, 0.15) is 5.69 Å². The van der Waals surface area contributed by atoms with Gasteiger partial charge in [0.25, 0.3) is 5.69 Å². The topological polar surface area (TPSA) is 129 Å². The molecule has 1 heterocycles. The van der Waals surface area contributed by atoms with Gasteiger partial charge in [-0.15, -0.1) is 10.2 Å². The molecule has 0 spiro atoms. The van der Waals surface area contributed by atoms with E-state index in [9.17, 15) is 14.9 Å². The number of nitrogens with one attached hydrogen (secondary N) is 1. The largest absolute Gasteiger partial charge is 0.336 e. The van der Waals surface area contributed by atoms with Crippen LogP contribution in [0.5, 0.6) is 0 Å². The molecule has 0 aliphatic carbocycles. The zero-order chi connectivity index (χ0) is 18.8. The Balaban J connectivity index is 2.05. The first-order valence-electron chi connectivity index (χ1n) is 7.17. The molecule has 0 fully saturated rings. The molecule has 0 aliphatic rings. The minimum absolute atomic E-state index is 0.0285. The van der Waals surface area contributed by atoms with E-state index in [2.05, 4.69) is 15.5 Å². The van der Waals surface area contributed by atoms with Gasteiger partial charge in [0.15, 0.2) is 5.82 Å². The van der Waals surface area contributed by atoms with Crippen LogP contribution in [0.25, 0.3) is 0 Å². The molecule has 0 unspecified atom stereocenters. The lowest BCUT2D eigenvalue weighted by Crippen LogP contribution is -2.24. The zero-order valence-electron chi connectivity index (χ0n) is 13.8. The number of carbonyl (C=O) groups excluding carboxylic acids is 1. The summed E-state index contributed by atoms with van der Waals surface area (Å²) in [5, 5.41) is 22.1. The second-order valence-electron chi connectivity index (χ2n) is 6.18. The van der Waals surface area contributed by atoms with E-state index in [4.69, 9.17) is 17.4 Å². The molecular weight excluding hydrogens is 368 g/mol. The number of nitrogen functional groups attached to an aromatic ring is 1. The lowest BCUT2D eigenvalue weighted by molar-refractivity contribution is -0.383. The highest BCUT2D eigenvalue weighted by molar-refractivity contribution is 7.99. The molecule has 0 aliphatic heterocycles. The average molecular weight is 385 g/mol. The van der Waals surface area contributed by atoms with Crippen LogP contribution in [0, 0.1) is 10.1 Å². The van der Waals surface area contributed by atoms with Gasteiger partial charge in [0.2, 0.25) is 11.1 Å². The normalized spacial score (nSPS) is 11.4. The quantitative estimate of drug-likeness (QED) is 0.350. The van der Waals surface area contributed by atoms with Crippen molar-refractivity contribution < 1.29 is 9.72 Å². The maximum absolute atomic E-state index is 12.1. The van der Waals surface area contributed by atoms with Gasteiger partial charge in [0, 0.05) is 16.5 Å². The predicted molar refractivity (Wildman–Crippen MR) is 96.3 cm³/mol. The van der Waals surface area contributed by atoms with Crippen molar-refractivity contribution in [3.8, 4) is 0 Å². The number of carbonyl (C=O) groups is 1. The summed E-state index contributed by atoms with van der Waals surface area (Å²) < 4.78 is 1.34. The number of aromatic nitrogens is 3. The third-order valence-electron chi connectivity index (χ3n) is 3.10. The minimum atomic E-state index is -0.610. The molecular formula is C14H17ClN6O3S. The number of amides is 1. The number of nitro benzene ring substituents is 1. The van der Waals surface area contributed by atoms with Crippen molar-refractivity contribution in [2.24, 2.45) is 0 Å². The lowest BCUT2D eigenvalue weighted by atomic mass is 9.96. The maximum atomic E-state index is 12.1. The highest BCUT2D eigenvalue weighted by Crippen LogP contribution is 2.28. The number of nitrogens with zero attached hydrogens (tertiary/aromatic N) is 4. The standard InChI is InChI=1S/C14H17ClN6O3S/c1-14(2,3)12-18-19-13(20(12)16)25-7-11(22)17-9-5-4-8(15)6-10(9)21(23)24/h4-6H,7,16H2,1-3H3,(H,17,22). The molecule has 9 nitrogen and oxygen atoms in total. The SMILES string of the molecule is CC(C)(C)c1nnc(SCC(=O)Nc2ccc(Cl)cc2[N+](=O)[O-])n1N. The Bertz CT molecular complexity index is 817. The summed E-state index contributed by atoms with van der Waals surface area (Å²) in [7, 11) is 0. The molecule has 0 bridgehead atoms. The van der Waals surface area contributed by atoms with Crippen molar-refractivity contribution >= 4 is 40.6 Å². The molecule has 1 amide bonds. The molecule has 1 aromatic carbocycles. The van der Waals surface area contributed by atoms with Crippen LogP contribution in [0.1, 0.15) is 26.6 Å². The van der Waals surface area contributed by atoms with E-state index in [0.29, 0.717) is 11.0 Å². The average Bonchev–Trinajstić information content (AvgIpc) is 2.88. The van der Waals surface area contributed by atoms with Gasteiger partial charge in [-0.25, -0.2) is 4.68 Å². The first-order chi connectivity index (χ1) is 11.6. The van der Waals surface area contributed by atoms with Gasteiger partial charge < -0.3 is 11.2 Å². The zero-order valence-corrected chi connectivity index (χ0v) is 15.4. The van der Waals surface area contributed by atoms with Crippen molar-refractivity contribution in [2.75, 3.05) is 16.9 Å². The Labute approximate surface area is 153 Å². The Morgan fingerprint density at radius 3 is 2.68 bits per heavy atom. The van der Waals surface area contributed by atoms with Gasteiger partial charge in [-0.2, -0.15) is 0 Å². The predicted octanol–water partition coefficient (Wildman–Crippen LogP) is 2.58. The Hall–Kier alpha value is -2.33. The van der Waals surface area contributed by atoms with Crippen LogP contribution in [0.4, 0.5) is 11.4 Å². The summed E-state index contributed by atoms with van der Waals surface area (Å²) in [4.78, 5) is 22.5. The van der Waals surface area contributed by atoms with Crippen LogP contribution in [-0.4, -0.2) is 31.5 Å². The second kappa shape index (κ2) is 7.28. The Morgan fingerprint density at radius 1 is 1.44 bits per heavy atom. The summed E-state index contributed by atoms with van der Waals surface area (Å²) in [6.45, 7) is 5.84. The number of anilines is 1. The minimum Gasteiger partial charge on any atom is -0.336 e. The van der Waals surface area contributed by atoms with Crippen LogP contribution in [0.2, 0.25) is 5.02 Å². The molecule has 0 saturated heterocycles. The highest BCUT2D eigenvalue weighted by atomic mass is 35.5. The fourth-order valence-corrected chi connectivity index (χ4v) is 2.79. The van der Waals surface area contributed by atoms with Crippen molar-refractivity contribution in [3.05, 3.63) is 39.2 Å². The monoisotopic (exact) mass is 384 g/mol. The summed E-state index contributed by atoms with van der Waals surface area (Å²) in [5.74, 6) is 6.07. The molecule has 2 rings (SSSR count). The van der Waals surface area contributed by atoms with E-state index in [1.807, 2.05) is 20.8 Å². The molecule has 0 atom stereocenters. The number of halogens is 1. The van der Waals surface area contributed by atoms with Crippen LogP contribution in [0.15, 0.2) is 23.4 Å². The summed E-state index contributed by atoms with van der Waals surface area (Å²) in [6.07, 6.45) is 0. The van der Waals surface area contributed by atoms with E-state index in [1.165, 1.54) is 22.9 Å². The van der Waals surface area contributed by atoms with Crippen molar-refractivity contribution in [1.29, 1.82) is 0 Å². The number of thioether (sulfide) groups is 1. The third-order valence-corrected chi connectivity index (χ3v) is 4.28. The van der Waals surface area contributed by atoms with Crippen LogP contribution in [-0.2, 0) is 10.2 Å². The maximum Gasteiger partial charge on any atom is 0.294 e. The Morgan fingerprint density at radius 2 is 2.12 bits per heavy atom. The molecule has 1 aromatic heterocycles. The summed E-state index contributed by atoms with van der Waals surface area (Å²) in [5.41, 5.74) is -0.486. The third kappa shape index (κ3) is 4.60. The first kappa shape index (κ1) is 19.0. The van der Waals surface area contributed by atoms with Crippen LogP contribution in [0.3, 0.4) is 0 Å². The molecule has 2 aromatic rings. The number of benzene rings is 1. The van der Waals surface area contributed by atoms with E-state index < -0.39 is 10.8 Å². The number of nitro groups is 1. The van der Waals surface area contributed by atoms with Crippen molar-refractivity contribution in [3.63, 3.8) is 0 Å². The number of nitrogens with two attached hydrogens (primary N) is 1. The fourth-order valence-electron chi connectivity index (χ4n) is 1.96. The molecule has 0 radical (unpaired) electrons. The van der Waals surface area contributed by atoms with E-state index in [1.54, 1.807) is 0 Å². The van der Waals surface area contributed by atoms with Crippen molar-refractivity contribution in [2.45, 2.75) is 31.3 Å². The number of rotatable bonds is 5. The molecule has 0 saturated carbocycles. The van der Waals surface area contributed by atoms with E-state index in [0.717, 1.165) is 11.8 Å². The van der Waals surface area contributed by atoms with Crippen LogP contribution >= 0.6 is 23.4 Å². The van der Waals surface area contributed by atoms with Crippen LogP contribution < -0.4 is 11.2 Å². The lowest BCUT2D eigenvalue weighted by Gasteiger charge is -2.16. The van der Waals surface area contributed by atoms with Gasteiger partial charge in [-0.1, -0.05) is 44.1 Å². The van der Waals surface area contributed by atoms with E-state index in [-0.39, 0.29) is 27.6 Å². The van der Waals surface area contributed by atoms with Gasteiger partial charge in [-0.3, -0.25) is 14.9 Å². The van der Waals surface area contributed by atoms with Crippen molar-refractivity contribution in [1.82, 2.24) is 14.9 Å². The fraction of sp³-hybridized carbons (Fsp3) is 0.357. The highest BCUT2D eigenvalue weighted by Gasteiger charge is 2.23. The second-order valence-corrected chi connectivity index (χ2v) is 7.56. The van der Waals surface area contributed by atoms with Gasteiger partial charge in [-0.05, 0) is 12.1 Å². The van der Waals surface area contributed by atoms with Gasteiger partial charge in [0.05, 0.1) is 10.7 Å². The molecule has 11 heteroatoms. The Kier molecular flexibility index (Phi) is 5.53. The molecule has 25 heavy (non-hydrogen) atoms. The number of hydrogen-bond acceptors (Lipinski definition) is 7. The summed E-state index contributed by atoms with van der Waals surface area (Å²) >= 11 is 6.83. The number of hydrogen-bond donors (Lipinski definition) is 2. The van der Waals surface area contributed by atoms with E-state index >= 15 is 0 Å².